The quantitative estimate of drug-likeness (QED) is 0.567. The van der Waals surface area contributed by atoms with Gasteiger partial charge in [-0.3, -0.25) is 10.1 Å². The van der Waals surface area contributed by atoms with E-state index in [1.54, 1.807) is 12.1 Å². The predicted molar refractivity (Wildman–Crippen MR) is 97.3 cm³/mol. The number of hydrogen-bond donors (Lipinski definition) is 2. The highest BCUT2D eigenvalue weighted by molar-refractivity contribution is 7.89. The van der Waals surface area contributed by atoms with Gasteiger partial charge in [-0.15, -0.1) is 0 Å². The topological polar surface area (TPSA) is 101 Å². The number of sulfonamides is 1. The fraction of sp³-hybridized carbons (Fsp3) is 0.294. The Kier molecular flexibility index (Phi) is 5.62. The van der Waals surface area contributed by atoms with Gasteiger partial charge in [0, 0.05) is 18.0 Å². The molecule has 0 aromatic heterocycles. The smallest absolute Gasteiger partial charge is 0.293 e. The van der Waals surface area contributed by atoms with E-state index >= 15 is 0 Å². The molecule has 0 heterocycles. The molecule has 0 fully saturated rings. The number of hydrogen-bond acceptors (Lipinski definition) is 5. The van der Waals surface area contributed by atoms with E-state index in [4.69, 9.17) is 0 Å². The molecule has 7 nitrogen and oxygen atoms in total. The number of benzene rings is 2. The number of nitrogens with zero attached hydrogens (tertiary/aromatic N) is 1. The molecule has 0 bridgehead atoms. The first-order valence-electron chi connectivity index (χ1n) is 7.79. The molecule has 0 spiro atoms. The Morgan fingerprint density at radius 1 is 1.19 bits per heavy atom. The van der Waals surface area contributed by atoms with Crippen LogP contribution in [0.4, 0.5) is 15.8 Å². The van der Waals surface area contributed by atoms with Crippen molar-refractivity contribution in [1.82, 2.24) is 4.72 Å². The van der Waals surface area contributed by atoms with Crippen molar-refractivity contribution in [2.75, 3.05) is 18.9 Å². The average molecular weight is 381 g/mol. The Morgan fingerprint density at radius 2 is 1.88 bits per heavy atom. The fourth-order valence-electron chi connectivity index (χ4n) is 2.42. The Bertz CT molecular complexity index is 929. The maximum atomic E-state index is 13.4. The molecule has 2 aromatic rings. The van der Waals surface area contributed by atoms with Crippen LogP contribution in [0.2, 0.25) is 0 Å². The summed E-state index contributed by atoms with van der Waals surface area (Å²) in [6.45, 7) is 4.04. The third-order valence-electron chi connectivity index (χ3n) is 4.07. The van der Waals surface area contributed by atoms with Gasteiger partial charge in [0.25, 0.3) is 5.69 Å². The van der Waals surface area contributed by atoms with Crippen molar-refractivity contribution >= 4 is 21.4 Å². The summed E-state index contributed by atoms with van der Waals surface area (Å²) in [7, 11) is -2.55. The second kappa shape index (κ2) is 7.38. The minimum atomic E-state index is -3.79. The van der Waals surface area contributed by atoms with Crippen molar-refractivity contribution in [3.63, 3.8) is 0 Å². The van der Waals surface area contributed by atoms with Crippen LogP contribution < -0.4 is 10.0 Å². The molecule has 0 aliphatic carbocycles. The fourth-order valence-corrected chi connectivity index (χ4v) is 3.17. The molecule has 0 aliphatic rings. The summed E-state index contributed by atoms with van der Waals surface area (Å²) < 4.78 is 39.2. The predicted octanol–water partition coefficient (Wildman–Crippen LogP) is 3.03. The SMILES string of the molecule is CNS(=O)(=O)c1ccc(NCC(C)(C)c2cccc(F)c2)c([N+](=O)[O-])c1. The molecule has 2 N–H and O–H groups in total. The minimum absolute atomic E-state index is 0.189. The summed E-state index contributed by atoms with van der Waals surface area (Å²) in [5.74, 6) is -0.358. The number of anilines is 1. The Morgan fingerprint density at radius 3 is 2.46 bits per heavy atom. The van der Waals surface area contributed by atoms with Gasteiger partial charge >= 0.3 is 0 Å². The first kappa shape index (κ1) is 19.8. The Balaban J connectivity index is 2.30. The third-order valence-corrected chi connectivity index (χ3v) is 5.48. The van der Waals surface area contributed by atoms with Crippen molar-refractivity contribution in [3.05, 3.63) is 64.0 Å². The molecule has 0 amide bonds. The summed E-state index contributed by atoms with van der Waals surface area (Å²) in [5, 5.41) is 14.3. The lowest BCUT2D eigenvalue weighted by molar-refractivity contribution is -0.384. The number of rotatable bonds is 7. The molecule has 0 unspecified atom stereocenters. The van der Waals surface area contributed by atoms with E-state index in [-0.39, 0.29) is 28.6 Å². The van der Waals surface area contributed by atoms with Gasteiger partial charge in [-0.25, -0.2) is 17.5 Å². The Labute approximate surface area is 151 Å². The first-order valence-corrected chi connectivity index (χ1v) is 9.27. The van der Waals surface area contributed by atoms with Gasteiger partial charge in [0.15, 0.2) is 0 Å². The number of nitrogens with one attached hydrogen (secondary N) is 2. The zero-order valence-corrected chi connectivity index (χ0v) is 15.4. The van der Waals surface area contributed by atoms with Gasteiger partial charge in [-0.1, -0.05) is 26.0 Å². The second-order valence-electron chi connectivity index (χ2n) is 6.39. The molecule has 9 heteroatoms. The lowest BCUT2D eigenvalue weighted by Gasteiger charge is -2.26. The van der Waals surface area contributed by atoms with E-state index in [0.29, 0.717) is 0 Å². The molecule has 2 aromatic carbocycles. The molecule has 26 heavy (non-hydrogen) atoms. The molecular weight excluding hydrogens is 361 g/mol. The summed E-state index contributed by atoms with van der Waals surface area (Å²) in [6, 6.07) is 9.79. The summed E-state index contributed by atoms with van der Waals surface area (Å²) in [6.07, 6.45) is 0. The summed E-state index contributed by atoms with van der Waals surface area (Å²) >= 11 is 0. The van der Waals surface area contributed by atoms with Crippen LogP contribution in [0.1, 0.15) is 19.4 Å². The lowest BCUT2D eigenvalue weighted by Crippen LogP contribution is -2.28. The maximum absolute atomic E-state index is 13.4. The van der Waals surface area contributed by atoms with E-state index in [1.165, 1.54) is 31.3 Å². The van der Waals surface area contributed by atoms with Crippen LogP contribution in [0.3, 0.4) is 0 Å². The van der Waals surface area contributed by atoms with Crippen molar-refractivity contribution in [1.29, 1.82) is 0 Å². The monoisotopic (exact) mass is 381 g/mol. The van der Waals surface area contributed by atoms with E-state index in [0.717, 1.165) is 11.6 Å². The summed E-state index contributed by atoms with van der Waals surface area (Å²) in [5.41, 5.74) is 0.0685. The largest absolute Gasteiger partial charge is 0.379 e. The van der Waals surface area contributed by atoms with Crippen molar-refractivity contribution in [2.45, 2.75) is 24.2 Å². The Hall–Kier alpha value is -2.52. The second-order valence-corrected chi connectivity index (χ2v) is 8.28. The van der Waals surface area contributed by atoms with Crippen molar-refractivity contribution in [2.24, 2.45) is 0 Å². The summed E-state index contributed by atoms with van der Waals surface area (Å²) in [4.78, 5) is 10.5. The highest BCUT2D eigenvalue weighted by atomic mass is 32.2. The van der Waals surface area contributed by atoms with Crippen LogP contribution in [0.25, 0.3) is 0 Å². The van der Waals surface area contributed by atoms with Gasteiger partial charge in [0.2, 0.25) is 10.0 Å². The van der Waals surface area contributed by atoms with Crippen LogP contribution in [0.5, 0.6) is 0 Å². The van der Waals surface area contributed by atoms with Crippen molar-refractivity contribution in [3.8, 4) is 0 Å². The van der Waals surface area contributed by atoms with E-state index in [2.05, 4.69) is 10.0 Å². The van der Waals surface area contributed by atoms with Crippen LogP contribution in [0.15, 0.2) is 47.4 Å². The zero-order chi connectivity index (χ0) is 19.5. The minimum Gasteiger partial charge on any atom is -0.379 e. The molecule has 2 rings (SSSR count). The van der Waals surface area contributed by atoms with E-state index < -0.39 is 20.4 Å². The standard InChI is InChI=1S/C17H20FN3O4S/c1-17(2,12-5-4-6-13(18)9-12)11-20-15-8-7-14(26(24,25)19-3)10-16(15)21(22)23/h4-10,19-20H,11H2,1-3H3. The first-order chi connectivity index (χ1) is 12.1. The molecule has 0 saturated carbocycles. The molecule has 0 aliphatic heterocycles. The van der Waals surface area contributed by atoms with Crippen LogP contribution in [-0.2, 0) is 15.4 Å². The highest BCUT2D eigenvalue weighted by Gasteiger charge is 2.24. The van der Waals surface area contributed by atoms with E-state index in [1.807, 2.05) is 13.8 Å². The van der Waals surface area contributed by atoms with Gasteiger partial charge in [0.05, 0.1) is 9.82 Å². The number of nitro benzene ring substituents is 1. The van der Waals surface area contributed by atoms with Gasteiger partial charge in [0.1, 0.15) is 11.5 Å². The van der Waals surface area contributed by atoms with Gasteiger partial charge < -0.3 is 5.32 Å². The highest BCUT2D eigenvalue weighted by Crippen LogP contribution is 2.30. The molecule has 0 radical (unpaired) electrons. The van der Waals surface area contributed by atoms with Crippen LogP contribution in [-0.4, -0.2) is 26.9 Å². The van der Waals surface area contributed by atoms with E-state index in [9.17, 15) is 22.9 Å². The maximum Gasteiger partial charge on any atom is 0.293 e. The zero-order valence-electron chi connectivity index (χ0n) is 14.6. The third kappa shape index (κ3) is 4.36. The molecule has 140 valence electrons. The normalized spacial score (nSPS) is 12.0. The lowest BCUT2D eigenvalue weighted by atomic mass is 9.84. The van der Waals surface area contributed by atoms with Gasteiger partial charge in [-0.2, -0.15) is 0 Å². The molecular formula is C17H20FN3O4S. The van der Waals surface area contributed by atoms with Crippen LogP contribution in [0, 0.1) is 15.9 Å². The average Bonchev–Trinajstić information content (AvgIpc) is 2.59. The molecule has 0 saturated heterocycles. The number of nitro groups is 1. The van der Waals surface area contributed by atoms with Crippen LogP contribution >= 0.6 is 0 Å². The van der Waals surface area contributed by atoms with Crippen molar-refractivity contribution < 1.29 is 17.7 Å². The molecule has 0 atom stereocenters. The number of halogens is 1. The van der Waals surface area contributed by atoms with Gasteiger partial charge in [-0.05, 0) is 36.9 Å².